The molecule has 0 saturated heterocycles. The van der Waals surface area contributed by atoms with Gasteiger partial charge in [-0.05, 0) is 12.1 Å². The first kappa shape index (κ1) is 13.5. The number of carbonyl (C=O) groups is 1. The molecule has 0 heterocycles. The SMILES string of the molecule is CNc1ccccc1C(=O)NCCS(N)(=O)=O. The Morgan fingerprint density at radius 2 is 2.00 bits per heavy atom. The number of para-hydroxylation sites is 1. The summed E-state index contributed by atoms with van der Waals surface area (Å²) in [7, 11) is -1.84. The minimum Gasteiger partial charge on any atom is -0.387 e. The van der Waals surface area contributed by atoms with Gasteiger partial charge in [0.1, 0.15) is 0 Å². The van der Waals surface area contributed by atoms with Crippen molar-refractivity contribution in [3.05, 3.63) is 29.8 Å². The third-order valence-corrected chi connectivity index (χ3v) is 2.89. The van der Waals surface area contributed by atoms with Crippen LogP contribution in [-0.2, 0) is 10.0 Å². The van der Waals surface area contributed by atoms with E-state index in [0.717, 1.165) is 0 Å². The zero-order valence-corrected chi connectivity index (χ0v) is 10.3. The number of sulfonamides is 1. The first-order chi connectivity index (χ1) is 7.94. The molecule has 0 fully saturated rings. The Morgan fingerprint density at radius 1 is 1.35 bits per heavy atom. The van der Waals surface area contributed by atoms with Gasteiger partial charge in [-0.1, -0.05) is 12.1 Å². The quantitative estimate of drug-likeness (QED) is 0.676. The van der Waals surface area contributed by atoms with Gasteiger partial charge in [-0.2, -0.15) is 0 Å². The van der Waals surface area contributed by atoms with E-state index in [-0.39, 0.29) is 18.2 Å². The average Bonchev–Trinajstić information content (AvgIpc) is 2.27. The van der Waals surface area contributed by atoms with Gasteiger partial charge in [-0.15, -0.1) is 0 Å². The number of benzene rings is 1. The number of hydrogen-bond donors (Lipinski definition) is 3. The first-order valence-electron chi connectivity index (χ1n) is 4.99. The Bertz CT molecular complexity index is 499. The van der Waals surface area contributed by atoms with Gasteiger partial charge in [-0.25, -0.2) is 13.6 Å². The lowest BCUT2D eigenvalue weighted by Gasteiger charge is -2.08. The molecule has 0 spiro atoms. The van der Waals surface area contributed by atoms with Crippen LogP contribution in [-0.4, -0.2) is 33.7 Å². The van der Waals surface area contributed by atoms with Gasteiger partial charge in [0.25, 0.3) is 5.91 Å². The molecule has 0 unspecified atom stereocenters. The highest BCUT2D eigenvalue weighted by atomic mass is 32.2. The van der Waals surface area contributed by atoms with Gasteiger partial charge in [0.2, 0.25) is 10.0 Å². The molecule has 0 aliphatic carbocycles. The van der Waals surface area contributed by atoms with E-state index in [4.69, 9.17) is 5.14 Å². The highest BCUT2D eigenvalue weighted by Crippen LogP contribution is 2.13. The number of amides is 1. The number of primary sulfonamides is 1. The molecular formula is C10H15N3O3S. The molecule has 0 radical (unpaired) electrons. The molecular weight excluding hydrogens is 242 g/mol. The fourth-order valence-electron chi connectivity index (χ4n) is 1.30. The number of nitrogens with two attached hydrogens (primary N) is 1. The van der Waals surface area contributed by atoms with Gasteiger partial charge < -0.3 is 10.6 Å². The fraction of sp³-hybridized carbons (Fsp3) is 0.300. The summed E-state index contributed by atoms with van der Waals surface area (Å²) in [5, 5.41) is 10.2. The molecule has 0 aliphatic heterocycles. The van der Waals surface area contributed by atoms with Crippen LogP contribution in [0.2, 0.25) is 0 Å². The Hall–Kier alpha value is -1.60. The van der Waals surface area contributed by atoms with E-state index in [2.05, 4.69) is 10.6 Å². The number of rotatable bonds is 5. The summed E-state index contributed by atoms with van der Waals surface area (Å²) >= 11 is 0. The summed E-state index contributed by atoms with van der Waals surface area (Å²) in [6, 6.07) is 6.94. The molecule has 6 nitrogen and oxygen atoms in total. The Labute approximate surface area is 100 Å². The minimum atomic E-state index is -3.55. The van der Waals surface area contributed by atoms with Gasteiger partial charge in [-0.3, -0.25) is 4.79 Å². The maximum Gasteiger partial charge on any atom is 0.253 e. The van der Waals surface area contributed by atoms with Crippen molar-refractivity contribution in [2.24, 2.45) is 5.14 Å². The van der Waals surface area contributed by atoms with Crippen molar-refractivity contribution in [1.29, 1.82) is 0 Å². The van der Waals surface area contributed by atoms with Crippen LogP contribution in [0.3, 0.4) is 0 Å². The predicted octanol–water partition coefficient (Wildman–Crippen LogP) is -0.253. The second-order valence-corrected chi connectivity index (χ2v) is 5.15. The van der Waals surface area contributed by atoms with Crippen molar-refractivity contribution >= 4 is 21.6 Å². The van der Waals surface area contributed by atoms with Crippen LogP contribution in [0.15, 0.2) is 24.3 Å². The molecule has 1 rings (SSSR count). The van der Waals surface area contributed by atoms with Crippen molar-refractivity contribution in [3.8, 4) is 0 Å². The maximum absolute atomic E-state index is 11.7. The van der Waals surface area contributed by atoms with Crippen LogP contribution in [0.1, 0.15) is 10.4 Å². The summed E-state index contributed by atoms with van der Waals surface area (Å²) in [6.45, 7) is -0.00425. The monoisotopic (exact) mass is 257 g/mol. The molecule has 1 amide bonds. The highest BCUT2D eigenvalue weighted by molar-refractivity contribution is 7.89. The topological polar surface area (TPSA) is 101 Å². The fourth-order valence-corrected chi connectivity index (χ4v) is 1.69. The van der Waals surface area contributed by atoms with Crippen LogP contribution >= 0.6 is 0 Å². The average molecular weight is 257 g/mol. The molecule has 4 N–H and O–H groups in total. The second kappa shape index (κ2) is 5.65. The molecule has 7 heteroatoms. The lowest BCUT2D eigenvalue weighted by molar-refractivity contribution is 0.0957. The largest absolute Gasteiger partial charge is 0.387 e. The van der Waals surface area contributed by atoms with Crippen LogP contribution in [0.4, 0.5) is 5.69 Å². The molecule has 17 heavy (non-hydrogen) atoms. The van der Waals surface area contributed by atoms with Gasteiger partial charge in [0.05, 0.1) is 11.3 Å². The normalized spacial score (nSPS) is 10.9. The number of anilines is 1. The molecule has 0 aromatic heterocycles. The predicted molar refractivity (Wildman–Crippen MR) is 66.3 cm³/mol. The van der Waals surface area contributed by atoms with Crippen molar-refractivity contribution in [2.45, 2.75) is 0 Å². The van der Waals surface area contributed by atoms with Crippen molar-refractivity contribution in [3.63, 3.8) is 0 Å². The first-order valence-corrected chi connectivity index (χ1v) is 6.71. The van der Waals surface area contributed by atoms with Crippen molar-refractivity contribution in [2.75, 3.05) is 24.7 Å². The molecule has 0 aliphatic rings. The van der Waals surface area contributed by atoms with Crippen LogP contribution in [0.25, 0.3) is 0 Å². The van der Waals surface area contributed by atoms with Crippen LogP contribution in [0, 0.1) is 0 Å². The molecule has 94 valence electrons. The Kier molecular flexibility index (Phi) is 4.47. The number of hydrogen-bond acceptors (Lipinski definition) is 4. The molecule has 0 atom stereocenters. The number of carbonyl (C=O) groups excluding carboxylic acids is 1. The van der Waals surface area contributed by atoms with Crippen LogP contribution < -0.4 is 15.8 Å². The standard InChI is InChI=1S/C10H15N3O3S/c1-12-9-5-3-2-4-8(9)10(14)13-6-7-17(11,15)16/h2-5,12H,6-7H2,1H3,(H,13,14)(H2,11,15,16). The van der Waals surface area contributed by atoms with Gasteiger partial charge in [0, 0.05) is 19.3 Å². The second-order valence-electron chi connectivity index (χ2n) is 3.42. The zero-order valence-electron chi connectivity index (χ0n) is 9.43. The third-order valence-electron chi connectivity index (χ3n) is 2.11. The molecule has 0 saturated carbocycles. The lowest BCUT2D eigenvalue weighted by Crippen LogP contribution is -2.31. The van der Waals surface area contributed by atoms with E-state index in [1.165, 1.54) is 0 Å². The van der Waals surface area contributed by atoms with E-state index in [0.29, 0.717) is 11.3 Å². The third kappa shape index (κ3) is 4.41. The Balaban J connectivity index is 2.64. The Morgan fingerprint density at radius 3 is 2.59 bits per heavy atom. The van der Waals surface area contributed by atoms with Crippen LogP contribution in [0.5, 0.6) is 0 Å². The minimum absolute atomic E-state index is 0.00425. The van der Waals surface area contributed by atoms with E-state index in [1.54, 1.807) is 31.3 Å². The van der Waals surface area contributed by atoms with Gasteiger partial charge >= 0.3 is 0 Å². The molecule has 1 aromatic carbocycles. The van der Waals surface area contributed by atoms with E-state index in [1.807, 2.05) is 0 Å². The summed E-state index contributed by atoms with van der Waals surface area (Å²) in [5.41, 5.74) is 1.14. The summed E-state index contributed by atoms with van der Waals surface area (Å²) in [4.78, 5) is 11.7. The molecule has 1 aromatic rings. The van der Waals surface area contributed by atoms with E-state index < -0.39 is 10.0 Å². The van der Waals surface area contributed by atoms with Crippen molar-refractivity contribution in [1.82, 2.24) is 5.32 Å². The summed E-state index contributed by atoms with van der Waals surface area (Å²) in [5.74, 6) is -0.612. The maximum atomic E-state index is 11.7. The highest BCUT2D eigenvalue weighted by Gasteiger charge is 2.10. The van der Waals surface area contributed by atoms with E-state index >= 15 is 0 Å². The summed E-state index contributed by atoms with van der Waals surface area (Å²) in [6.07, 6.45) is 0. The zero-order chi connectivity index (χ0) is 12.9. The van der Waals surface area contributed by atoms with E-state index in [9.17, 15) is 13.2 Å². The van der Waals surface area contributed by atoms with Crippen molar-refractivity contribution < 1.29 is 13.2 Å². The molecule has 0 bridgehead atoms. The van der Waals surface area contributed by atoms with Gasteiger partial charge in [0.15, 0.2) is 0 Å². The number of nitrogens with one attached hydrogen (secondary N) is 2. The summed E-state index contributed by atoms with van der Waals surface area (Å²) < 4.78 is 21.4. The smallest absolute Gasteiger partial charge is 0.253 e. The lowest BCUT2D eigenvalue weighted by atomic mass is 10.1.